The number of rotatable bonds is 4. The van der Waals surface area contributed by atoms with Crippen molar-refractivity contribution in [3.8, 4) is 0 Å². The Morgan fingerprint density at radius 2 is 2.45 bits per heavy atom. The van der Waals surface area contributed by atoms with Crippen LogP contribution < -0.4 is 0 Å². The Kier molecular flexibility index (Phi) is 3.52. The van der Waals surface area contributed by atoms with Crippen molar-refractivity contribution in [3.05, 3.63) is 0 Å². The Hall–Kier alpha value is -0.410. The van der Waals surface area contributed by atoms with E-state index in [9.17, 15) is 4.79 Å². The summed E-state index contributed by atoms with van der Waals surface area (Å²) in [7, 11) is 0. The fraction of sp³-hybridized carbons (Fsp3) is 0.875. The molecule has 0 radical (unpaired) electrons. The van der Waals surface area contributed by atoms with Crippen LogP contribution in [0.5, 0.6) is 0 Å². The van der Waals surface area contributed by atoms with E-state index in [1.165, 1.54) is 0 Å². The predicted octanol–water partition coefficient (Wildman–Crippen LogP) is 0.0321. The third kappa shape index (κ3) is 2.27. The van der Waals surface area contributed by atoms with Crippen LogP contribution in [0.3, 0.4) is 0 Å². The standard InChI is InChI=1S/C8H15NO2/c10-6-2-5-9-4-1-3-8(9)7-11/h7-8,10H,1-6H2. The van der Waals surface area contributed by atoms with E-state index in [2.05, 4.69) is 4.90 Å². The number of hydrogen-bond acceptors (Lipinski definition) is 3. The lowest BCUT2D eigenvalue weighted by Gasteiger charge is -2.18. The van der Waals surface area contributed by atoms with Gasteiger partial charge in [-0.15, -0.1) is 0 Å². The number of aliphatic hydroxyl groups is 1. The van der Waals surface area contributed by atoms with E-state index in [1.807, 2.05) is 0 Å². The fourth-order valence-electron chi connectivity index (χ4n) is 1.56. The van der Waals surface area contributed by atoms with Gasteiger partial charge in [0.15, 0.2) is 0 Å². The zero-order valence-corrected chi connectivity index (χ0v) is 6.70. The second-order valence-electron chi connectivity index (χ2n) is 2.96. The van der Waals surface area contributed by atoms with Crippen LogP contribution in [0, 0.1) is 0 Å². The summed E-state index contributed by atoms with van der Waals surface area (Å²) in [5.41, 5.74) is 0. The minimum atomic E-state index is 0.126. The van der Waals surface area contributed by atoms with Gasteiger partial charge in [-0.3, -0.25) is 4.90 Å². The first-order valence-electron chi connectivity index (χ1n) is 4.18. The van der Waals surface area contributed by atoms with Gasteiger partial charge in [0.2, 0.25) is 0 Å². The summed E-state index contributed by atoms with van der Waals surface area (Å²) in [5.74, 6) is 0. The molecule has 64 valence electrons. The summed E-state index contributed by atoms with van der Waals surface area (Å²) in [5, 5.41) is 8.57. The molecule has 1 heterocycles. The number of aliphatic hydroxyl groups excluding tert-OH is 1. The van der Waals surface area contributed by atoms with Crippen molar-refractivity contribution in [2.24, 2.45) is 0 Å². The first kappa shape index (κ1) is 8.68. The lowest BCUT2D eigenvalue weighted by Crippen LogP contribution is -2.31. The largest absolute Gasteiger partial charge is 0.396 e. The zero-order chi connectivity index (χ0) is 8.10. The van der Waals surface area contributed by atoms with Gasteiger partial charge < -0.3 is 9.90 Å². The molecule has 0 aromatic rings. The summed E-state index contributed by atoms with van der Waals surface area (Å²) >= 11 is 0. The topological polar surface area (TPSA) is 40.5 Å². The van der Waals surface area contributed by atoms with Crippen molar-refractivity contribution in [1.82, 2.24) is 4.90 Å². The first-order chi connectivity index (χ1) is 5.38. The number of likely N-dealkylation sites (tertiary alicyclic amines) is 1. The molecule has 0 saturated carbocycles. The molecule has 0 bridgehead atoms. The maximum absolute atomic E-state index is 10.5. The van der Waals surface area contributed by atoms with E-state index in [1.54, 1.807) is 0 Å². The van der Waals surface area contributed by atoms with Crippen LogP contribution in [0.1, 0.15) is 19.3 Å². The van der Waals surface area contributed by atoms with Crippen molar-refractivity contribution in [3.63, 3.8) is 0 Å². The second-order valence-corrected chi connectivity index (χ2v) is 2.96. The Morgan fingerprint density at radius 1 is 1.64 bits per heavy atom. The molecule has 1 saturated heterocycles. The Balaban J connectivity index is 2.25. The average Bonchev–Trinajstić information content (AvgIpc) is 2.47. The molecule has 1 unspecified atom stereocenters. The van der Waals surface area contributed by atoms with E-state index < -0.39 is 0 Å². The minimum absolute atomic E-state index is 0.126. The lowest BCUT2D eigenvalue weighted by atomic mass is 10.2. The molecule has 1 aliphatic heterocycles. The molecule has 11 heavy (non-hydrogen) atoms. The van der Waals surface area contributed by atoms with E-state index in [-0.39, 0.29) is 12.6 Å². The van der Waals surface area contributed by atoms with Crippen LogP contribution in [-0.4, -0.2) is 42.0 Å². The van der Waals surface area contributed by atoms with Crippen molar-refractivity contribution >= 4 is 6.29 Å². The van der Waals surface area contributed by atoms with Crippen molar-refractivity contribution in [1.29, 1.82) is 0 Å². The quantitative estimate of drug-likeness (QED) is 0.585. The predicted molar refractivity (Wildman–Crippen MR) is 42.4 cm³/mol. The molecular formula is C8H15NO2. The number of carbonyl (C=O) groups is 1. The molecule has 3 heteroatoms. The number of carbonyl (C=O) groups excluding carboxylic acids is 1. The van der Waals surface area contributed by atoms with E-state index >= 15 is 0 Å². The maximum Gasteiger partial charge on any atom is 0.137 e. The Bertz CT molecular complexity index is 127. The van der Waals surface area contributed by atoms with Crippen LogP contribution in [-0.2, 0) is 4.79 Å². The fourth-order valence-corrected chi connectivity index (χ4v) is 1.56. The number of aldehydes is 1. The van der Waals surface area contributed by atoms with Gasteiger partial charge in [0, 0.05) is 13.2 Å². The van der Waals surface area contributed by atoms with E-state index in [4.69, 9.17) is 5.11 Å². The first-order valence-corrected chi connectivity index (χ1v) is 4.18. The molecule has 0 aromatic carbocycles. The summed E-state index contributed by atoms with van der Waals surface area (Å²) in [6.45, 7) is 2.10. The highest BCUT2D eigenvalue weighted by Crippen LogP contribution is 2.14. The molecular weight excluding hydrogens is 142 g/mol. The molecule has 0 aliphatic carbocycles. The second kappa shape index (κ2) is 4.46. The highest BCUT2D eigenvalue weighted by molar-refractivity contribution is 5.58. The molecule has 1 rings (SSSR count). The smallest absolute Gasteiger partial charge is 0.137 e. The van der Waals surface area contributed by atoms with Gasteiger partial charge >= 0.3 is 0 Å². The summed E-state index contributed by atoms with van der Waals surface area (Å²) < 4.78 is 0. The molecule has 3 nitrogen and oxygen atoms in total. The van der Waals surface area contributed by atoms with Crippen LogP contribution in [0.15, 0.2) is 0 Å². The van der Waals surface area contributed by atoms with Gasteiger partial charge in [-0.1, -0.05) is 0 Å². The molecule has 1 aliphatic rings. The molecule has 0 spiro atoms. The van der Waals surface area contributed by atoms with Crippen LogP contribution in [0.2, 0.25) is 0 Å². The van der Waals surface area contributed by atoms with Gasteiger partial charge in [-0.25, -0.2) is 0 Å². The zero-order valence-electron chi connectivity index (χ0n) is 6.70. The number of hydrogen-bond donors (Lipinski definition) is 1. The summed E-state index contributed by atoms with van der Waals surface area (Å²) in [6, 6.07) is 0.126. The van der Waals surface area contributed by atoms with Gasteiger partial charge in [0.25, 0.3) is 0 Å². The molecule has 1 fully saturated rings. The van der Waals surface area contributed by atoms with Crippen molar-refractivity contribution in [2.45, 2.75) is 25.3 Å². The van der Waals surface area contributed by atoms with E-state index in [0.29, 0.717) is 0 Å². The maximum atomic E-state index is 10.5. The van der Waals surface area contributed by atoms with Gasteiger partial charge in [-0.05, 0) is 25.8 Å². The molecule has 0 aromatic heterocycles. The van der Waals surface area contributed by atoms with Gasteiger partial charge in [0.1, 0.15) is 6.29 Å². The van der Waals surface area contributed by atoms with Crippen molar-refractivity contribution < 1.29 is 9.90 Å². The SMILES string of the molecule is O=CC1CCCN1CCCO. The molecule has 0 amide bonds. The lowest BCUT2D eigenvalue weighted by molar-refractivity contribution is -0.111. The van der Waals surface area contributed by atoms with Gasteiger partial charge in [0.05, 0.1) is 6.04 Å². The monoisotopic (exact) mass is 157 g/mol. The normalized spacial score (nSPS) is 25.7. The van der Waals surface area contributed by atoms with Crippen LogP contribution in [0.25, 0.3) is 0 Å². The third-order valence-electron chi connectivity index (χ3n) is 2.17. The van der Waals surface area contributed by atoms with Crippen molar-refractivity contribution in [2.75, 3.05) is 19.7 Å². The number of nitrogens with zero attached hydrogens (tertiary/aromatic N) is 1. The van der Waals surface area contributed by atoms with Crippen LogP contribution in [0.4, 0.5) is 0 Å². The molecule has 1 N–H and O–H groups in total. The average molecular weight is 157 g/mol. The Morgan fingerprint density at radius 3 is 3.09 bits per heavy atom. The molecule has 1 atom stereocenters. The third-order valence-corrected chi connectivity index (χ3v) is 2.17. The highest BCUT2D eigenvalue weighted by Gasteiger charge is 2.22. The summed E-state index contributed by atoms with van der Waals surface area (Å²) in [6.07, 6.45) is 3.92. The van der Waals surface area contributed by atoms with E-state index in [0.717, 1.165) is 38.6 Å². The summed E-state index contributed by atoms with van der Waals surface area (Å²) in [4.78, 5) is 12.6. The Labute approximate surface area is 67.0 Å². The minimum Gasteiger partial charge on any atom is -0.396 e. The van der Waals surface area contributed by atoms with Crippen LogP contribution >= 0.6 is 0 Å². The van der Waals surface area contributed by atoms with Gasteiger partial charge in [-0.2, -0.15) is 0 Å². The highest BCUT2D eigenvalue weighted by atomic mass is 16.3.